The lowest BCUT2D eigenvalue weighted by atomic mass is 10.1. The summed E-state index contributed by atoms with van der Waals surface area (Å²) in [5.41, 5.74) is 8.57. The van der Waals surface area contributed by atoms with Crippen molar-refractivity contribution in [1.29, 1.82) is 0 Å². The van der Waals surface area contributed by atoms with Gasteiger partial charge in [-0.3, -0.25) is 0 Å². The highest BCUT2D eigenvalue weighted by molar-refractivity contribution is 7.99. The van der Waals surface area contributed by atoms with Crippen molar-refractivity contribution in [3.05, 3.63) is 29.3 Å². The van der Waals surface area contributed by atoms with Crippen LogP contribution in [-0.4, -0.2) is 18.6 Å². The van der Waals surface area contributed by atoms with Gasteiger partial charge in [-0.15, -0.1) is 0 Å². The van der Waals surface area contributed by atoms with Crippen molar-refractivity contribution in [2.24, 2.45) is 5.73 Å². The molecule has 0 aliphatic heterocycles. The summed E-state index contributed by atoms with van der Waals surface area (Å²) in [4.78, 5) is 0. The van der Waals surface area contributed by atoms with E-state index in [4.69, 9.17) is 10.5 Å². The van der Waals surface area contributed by atoms with Crippen LogP contribution in [0.15, 0.2) is 18.2 Å². The molecule has 0 aliphatic carbocycles. The molecule has 0 bridgehead atoms. The first-order chi connectivity index (χ1) is 8.19. The third-order valence-corrected chi connectivity index (χ3v) is 3.90. The van der Waals surface area contributed by atoms with E-state index in [0.29, 0.717) is 0 Å². The van der Waals surface area contributed by atoms with Gasteiger partial charge in [0, 0.05) is 17.4 Å². The van der Waals surface area contributed by atoms with Crippen LogP contribution in [0.3, 0.4) is 0 Å². The van der Waals surface area contributed by atoms with E-state index in [1.807, 2.05) is 17.8 Å². The third-order valence-electron chi connectivity index (χ3n) is 2.72. The van der Waals surface area contributed by atoms with Crippen LogP contribution in [0.1, 0.15) is 36.9 Å². The quantitative estimate of drug-likeness (QED) is 0.755. The molecule has 0 aliphatic rings. The predicted molar refractivity (Wildman–Crippen MR) is 76.9 cm³/mol. The molecular weight excluding hydrogens is 230 g/mol. The van der Waals surface area contributed by atoms with Gasteiger partial charge < -0.3 is 10.5 Å². The molecule has 1 rings (SSSR count). The van der Waals surface area contributed by atoms with E-state index in [1.165, 1.54) is 24.2 Å². The SMILES string of the molecule is CCCCSCC(N)c1cc(C)ccc1OC. The maximum absolute atomic E-state index is 6.22. The molecule has 0 radical (unpaired) electrons. The molecule has 17 heavy (non-hydrogen) atoms. The lowest BCUT2D eigenvalue weighted by Crippen LogP contribution is -2.14. The van der Waals surface area contributed by atoms with Gasteiger partial charge in [0.2, 0.25) is 0 Å². The second kappa shape index (κ2) is 7.62. The fourth-order valence-corrected chi connectivity index (χ4v) is 2.78. The van der Waals surface area contributed by atoms with E-state index < -0.39 is 0 Å². The number of unbranched alkanes of at least 4 members (excludes halogenated alkanes) is 1. The number of thioether (sulfide) groups is 1. The normalized spacial score (nSPS) is 12.5. The van der Waals surface area contributed by atoms with Crippen LogP contribution in [0.2, 0.25) is 0 Å². The maximum atomic E-state index is 6.22. The fourth-order valence-electron chi connectivity index (χ4n) is 1.69. The van der Waals surface area contributed by atoms with Crippen molar-refractivity contribution in [3.8, 4) is 5.75 Å². The summed E-state index contributed by atoms with van der Waals surface area (Å²) in [6.45, 7) is 4.30. The number of hydrogen-bond donors (Lipinski definition) is 1. The summed E-state index contributed by atoms with van der Waals surface area (Å²) in [6, 6.07) is 6.25. The van der Waals surface area contributed by atoms with E-state index in [9.17, 15) is 0 Å². The maximum Gasteiger partial charge on any atom is 0.123 e. The molecule has 1 atom stereocenters. The molecule has 1 unspecified atom stereocenters. The van der Waals surface area contributed by atoms with E-state index >= 15 is 0 Å². The smallest absolute Gasteiger partial charge is 0.123 e. The van der Waals surface area contributed by atoms with Crippen molar-refractivity contribution >= 4 is 11.8 Å². The molecule has 0 amide bonds. The Bertz CT molecular complexity index is 341. The standard InChI is InChI=1S/C14H23NOS/c1-4-5-8-17-10-13(15)12-9-11(2)6-7-14(12)16-3/h6-7,9,13H,4-5,8,10,15H2,1-3H3. The Morgan fingerprint density at radius 1 is 1.41 bits per heavy atom. The average molecular weight is 253 g/mol. The molecule has 1 aromatic carbocycles. The van der Waals surface area contributed by atoms with Crippen LogP contribution in [0, 0.1) is 6.92 Å². The highest BCUT2D eigenvalue weighted by Gasteiger charge is 2.11. The zero-order chi connectivity index (χ0) is 12.7. The number of methoxy groups -OCH3 is 1. The van der Waals surface area contributed by atoms with Crippen LogP contribution < -0.4 is 10.5 Å². The Kier molecular flexibility index (Phi) is 6.45. The molecule has 0 saturated carbocycles. The molecule has 0 spiro atoms. The molecule has 0 aromatic heterocycles. The number of rotatable bonds is 7. The second-order valence-electron chi connectivity index (χ2n) is 4.28. The molecule has 1 aromatic rings. The summed E-state index contributed by atoms with van der Waals surface area (Å²) in [6.07, 6.45) is 2.51. The zero-order valence-corrected chi connectivity index (χ0v) is 11.8. The number of hydrogen-bond acceptors (Lipinski definition) is 3. The highest BCUT2D eigenvalue weighted by atomic mass is 32.2. The minimum Gasteiger partial charge on any atom is -0.496 e. The summed E-state index contributed by atoms with van der Waals surface area (Å²) in [7, 11) is 1.70. The molecule has 0 saturated heterocycles. The second-order valence-corrected chi connectivity index (χ2v) is 5.43. The first kappa shape index (κ1) is 14.4. The van der Waals surface area contributed by atoms with E-state index in [0.717, 1.165) is 17.1 Å². The number of benzene rings is 1. The van der Waals surface area contributed by atoms with Crippen molar-refractivity contribution < 1.29 is 4.74 Å². The summed E-state index contributed by atoms with van der Waals surface area (Å²) in [5.74, 6) is 3.05. The van der Waals surface area contributed by atoms with Gasteiger partial charge in [0.1, 0.15) is 5.75 Å². The van der Waals surface area contributed by atoms with Crippen LogP contribution in [0.4, 0.5) is 0 Å². The molecule has 3 heteroatoms. The first-order valence-electron chi connectivity index (χ1n) is 6.17. The Hall–Kier alpha value is -0.670. The average Bonchev–Trinajstić information content (AvgIpc) is 2.34. The molecule has 96 valence electrons. The van der Waals surface area contributed by atoms with Crippen LogP contribution in [0.5, 0.6) is 5.75 Å². The monoisotopic (exact) mass is 253 g/mol. The topological polar surface area (TPSA) is 35.2 Å². The first-order valence-corrected chi connectivity index (χ1v) is 7.32. The van der Waals surface area contributed by atoms with Gasteiger partial charge >= 0.3 is 0 Å². The molecular formula is C14H23NOS. The lowest BCUT2D eigenvalue weighted by molar-refractivity contribution is 0.407. The van der Waals surface area contributed by atoms with Crippen molar-refractivity contribution in [2.75, 3.05) is 18.6 Å². The fraction of sp³-hybridized carbons (Fsp3) is 0.571. The number of nitrogens with two attached hydrogens (primary N) is 1. The number of aryl methyl sites for hydroxylation is 1. The predicted octanol–water partition coefficient (Wildman–Crippen LogP) is 3.54. The summed E-state index contributed by atoms with van der Waals surface area (Å²) < 4.78 is 5.36. The van der Waals surface area contributed by atoms with Gasteiger partial charge in [-0.25, -0.2) is 0 Å². The Labute approximate surface area is 109 Å². The number of ether oxygens (including phenoxy) is 1. The Morgan fingerprint density at radius 3 is 2.82 bits per heavy atom. The van der Waals surface area contributed by atoms with Gasteiger partial charge in [0.15, 0.2) is 0 Å². The van der Waals surface area contributed by atoms with Gasteiger partial charge in [-0.2, -0.15) is 11.8 Å². The van der Waals surface area contributed by atoms with Gasteiger partial charge in [0.05, 0.1) is 7.11 Å². The van der Waals surface area contributed by atoms with Crippen LogP contribution >= 0.6 is 11.8 Å². The van der Waals surface area contributed by atoms with Crippen molar-refractivity contribution in [3.63, 3.8) is 0 Å². The minimum atomic E-state index is 0.0618. The van der Waals surface area contributed by atoms with Gasteiger partial charge in [-0.05, 0) is 25.2 Å². The van der Waals surface area contributed by atoms with E-state index in [-0.39, 0.29) is 6.04 Å². The van der Waals surface area contributed by atoms with Gasteiger partial charge in [-0.1, -0.05) is 31.0 Å². The van der Waals surface area contributed by atoms with Crippen molar-refractivity contribution in [1.82, 2.24) is 0 Å². The third kappa shape index (κ3) is 4.60. The van der Waals surface area contributed by atoms with Gasteiger partial charge in [0.25, 0.3) is 0 Å². The molecule has 2 nitrogen and oxygen atoms in total. The Morgan fingerprint density at radius 2 is 2.18 bits per heavy atom. The molecule has 0 heterocycles. The largest absolute Gasteiger partial charge is 0.496 e. The zero-order valence-electron chi connectivity index (χ0n) is 11.0. The molecule has 0 fully saturated rings. The Balaban J connectivity index is 2.60. The minimum absolute atomic E-state index is 0.0618. The van der Waals surface area contributed by atoms with Crippen molar-refractivity contribution in [2.45, 2.75) is 32.7 Å². The van der Waals surface area contributed by atoms with Crippen LogP contribution in [0.25, 0.3) is 0 Å². The van der Waals surface area contributed by atoms with E-state index in [2.05, 4.69) is 26.0 Å². The van der Waals surface area contributed by atoms with Crippen LogP contribution in [-0.2, 0) is 0 Å². The summed E-state index contributed by atoms with van der Waals surface area (Å²) >= 11 is 1.93. The summed E-state index contributed by atoms with van der Waals surface area (Å²) in [5, 5.41) is 0. The molecule has 2 N–H and O–H groups in total. The lowest BCUT2D eigenvalue weighted by Gasteiger charge is -2.16. The highest BCUT2D eigenvalue weighted by Crippen LogP contribution is 2.27. The van der Waals surface area contributed by atoms with E-state index in [1.54, 1.807) is 7.11 Å².